The molecular formula is C12H11ClO3. The van der Waals surface area contributed by atoms with Gasteiger partial charge >= 0.3 is 5.97 Å². The van der Waals surface area contributed by atoms with Crippen LogP contribution in [0.5, 0.6) is 0 Å². The van der Waals surface area contributed by atoms with Crippen LogP contribution in [0.1, 0.15) is 23.0 Å². The largest absolute Gasteiger partial charge is 0.462 e. The summed E-state index contributed by atoms with van der Waals surface area (Å²) in [6, 6.07) is 5.28. The van der Waals surface area contributed by atoms with Crippen molar-refractivity contribution in [1.82, 2.24) is 0 Å². The van der Waals surface area contributed by atoms with Gasteiger partial charge in [-0.25, -0.2) is 4.79 Å². The lowest BCUT2D eigenvalue weighted by Gasteiger charge is -2.00. The summed E-state index contributed by atoms with van der Waals surface area (Å²) >= 11 is 6.05. The second-order valence-corrected chi connectivity index (χ2v) is 3.77. The molecule has 0 atom stereocenters. The minimum Gasteiger partial charge on any atom is -0.462 e. The number of esters is 1. The fourth-order valence-electron chi connectivity index (χ4n) is 1.67. The van der Waals surface area contributed by atoms with E-state index in [0.717, 1.165) is 0 Å². The summed E-state index contributed by atoms with van der Waals surface area (Å²) in [7, 11) is 0. The van der Waals surface area contributed by atoms with Crippen LogP contribution in [0.2, 0.25) is 5.02 Å². The molecular weight excluding hydrogens is 228 g/mol. The van der Waals surface area contributed by atoms with Crippen LogP contribution in [0.25, 0.3) is 11.0 Å². The van der Waals surface area contributed by atoms with Gasteiger partial charge in [-0.15, -0.1) is 0 Å². The second kappa shape index (κ2) is 4.18. The Morgan fingerprint density at radius 2 is 2.25 bits per heavy atom. The van der Waals surface area contributed by atoms with Gasteiger partial charge in [0.1, 0.15) is 16.9 Å². The van der Waals surface area contributed by atoms with Gasteiger partial charge in [0.25, 0.3) is 0 Å². The Bertz CT molecular complexity index is 542. The van der Waals surface area contributed by atoms with Crippen LogP contribution in [0.15, 0.2) is 22.6 Å². The normalized spacial score (nSPS) is 10.7. The van der Waals surface area contributed by atoms with E-state index in [9.17, 15) is 4.79 Å². The Kier molecular flexibility index (Phi) is 2.88. The molecule has 2 rings (SSSR count). The highest BCUT2D eigenvalue weighted by molar-refractivity contribution is 6.36. The first-order valence-corrected chi connectivity index (χ1v) is 5.37. The van der Waals surface area contributed by atoms with Gasteiger partial charge in [-0.2, -0.15) is 0 Å². The van der Waals surface area contributed by atoms with E-state index < -0.39 is 5.97 Å². The van der Waals surface area contributed by atoms with Crippen molar-refractivity contribution < 1.29 is 13.9 Å². The van der Waals surface area contributed by atoms with Gasteiger partial charge in [0.15, 0.2) is 0 Å². The Balaban J connectivity index is 2.68. The highest BCUT2D eigenvalue weighted by Gasteiger charge is 2.20. The predicted molar refractivity (Wildman–Crippen MR) is 61.9 cm³/mol. The average molecular weight is 239 g/mol. The standard InChI is InChI=1S/C12H11ClO3/c1-3-15-12(14)10-7(2)16-9-6-4-5-8(13)11(9)10/h4-6H,3H2,1-2H3. The molecule has 16 heavy (non-hydrogen) atoms. The Morgan fingerprint density at radius 1 is 1.50 bits per heavy atom. The van der Waals surface area contributed by atoms with Crippen molar-refractivity contribution in [1.29, 1.82) is 0 Å². The zero-order valence-electron chi connectivity index (χ0n) is 9.04. The number of furan rings is 1. The van der Waals surface area contributed by atoms with Crippen LogP contribution < -0.4 is 0 Å². The summed E-state index contributed by atoms with van der Waals surface area (Å²) < 4.78 is 10.4. The van der Waals surface area contributed by atoms with Crippen molar-refractivity contribution in [3.63, 3.8) is 0 Å². The highest BCUT2D eigenvalue weighted by Crippen LogP contribution is 2.31. The minimum absolute atomic E-state index is 0.329. The molecule has 0 spiro atoms. The van der Waals surface area contributed by atoms with E-state index in [1.165, 1.54) is 0 Å². The molecule has 0 bridgehead atoms. The van der Waals surface area contributed by atoms with Crippen molar-refractivity contribution in [3.8, 4) is 0 Å². The van der Waals surface area contributed by atoms with E-state index in [4.69, 9.17) is 20.8 Å². The van der Waals surface area contributed by atoms with E-state index in [2.05, 4.69) is 0 Å². The summed E-state index contributed by atoms with van der Waals surface area (Å²) in [5.41, 5.74) is 1.02. The van der Waals surface area contributed by atoms with Crippen molar-refractivity contribution >= 4 is 28.5 Å². The Hall–Kier alpha value is -1.48. The quantitative estimate of drug-likeness (QED) is 0.751. The van der Waals surface area contributed by atoms with Crippen molar-refractivity contribution in [2.24, 2.45) is 0 Å². The lowest BCUT2D eigenvalue weighted by molar-refractivity contribution is 0.0526. The molecule has 0 amide bonds. The zero-order chi connectivity index (χ0) is 11.7. The van der Waals surface area contributed by atoms with Gasteiger partial charge < -0.3 is 9.15 Å². The molecule has 0 aliphatic heterocycles. The number of carbonyl (C=O) groups is 1. The number of benzene rings is 1. The molecule has 1 aromatic carbocycles. The summed E-state index contributed by atoms with van der Waals surface area (Å²) in [5.74, 6) is 0.133. The van der Waals surface area contributed by atoms with Gasteiger partial charge in [0.2, 0.25) is 0 Å². The fourth-order valence-corrected chi connectivity index (χ4v) is 1.93. The van der Waals surface area contributed by atoms with Gasteiger partial charge in [-0.05, 0) is 26.0 Å². The maximum Gasteiger partial charge on any atom is 0.342 e. The third kappa shape index (κ3) is 1.67. The number of aryl methyl sites for hydroxylation is 1. The first kappa shape index (κ1) is 11.0. The summed E-state index contributed by atoms with van der Waals surface area (Å²) in [4.78, 5) is 11.8. The molecule has 2 aromatic rings. The van der Waals surface area contributed by atoms with Crippen LogP contribution in [-0.4, -0.2) is 12.6 Å². The van der Waals surface area contributed by atoms with Gasteiger partial charge in [-0.1, -0.05) is 17.7 Å². The first-order valence-electron chi connectivity index (χ1n) is 5.00. The summed E-state index contributed by atoms with van der Waals surface area (Å²) in [6.07, 6.45) is 0. The second-order valence-electron chi connectivity index (χ2n) is 3.37. The molecule has 0 unspecified atom stereocenters. The minimum atomic E-state index is -0.396. The lowest BCUT2D eigenvalue weighted by Crippen LogP contribution is -2.05. The molecule has 0 N–H and O–H groups in total. The molecule has 0 aliphatic carbocycles. The molecule has 0 aliphatic rings. The van der Waals surface area contributed by atoms with Gasteiger partial charge in [0.05, 0.1) is 17.0 Å². The van der Waals surface area contributed by atoms with E-state index >= 15 is 0 Å². The van der Waals surface area contributed by atoms with Crippen LogP contribution in [0, 0.1) is 6.92 Å². The van der Waals surface area contributed by atoms with E-state index in [1.807, 2.05) is 0 Å². The van der Waals surface area contributed by atoms with Crippen LogP contribution >= 0.6 is 11.6 Å². The topological polar surface area (TPSA) is 39.4 Å². The predicted octanol–water partition coefficient (Wildman–Crippen LogP) is 3.57. The van der Waals surface area contributed by atoms with Crippen LogP contribution in [-0.2, 0) is 4.74 Å². The van der Waals surface area contributed by atoms with E-state index in [-0.39, 0.29) is 0 Å². The molecule has 3 nitrogen and oxygen atoms in total. The van der Waals surface area contributed by atoms with Crippen molar-refractivity contribution in [2.45, 2.75) is 13.8 Å². The number of fused-ring (bicyclic) bond motifs is 1. The van der Waals surface area contributed by atoms with Crippen molar-refractivity contribution in [2.75, 3.05) is 6.61 Å². The lowest BCUT2D eigenvalue weighted by atomic mass is 10.1. The fraction of sp³-hybridized carbons (Fsp3) is 0.250. The maximum absolute atomic E-state index is 11.8. The summed E-state index contributed by atoms with van der Waals surface area (Å²) in [6.45, 7) is 3.81. The highest BCUT2D eigenvalue weighted by atomic mass is 35.5. The van der Waals surface area contributed by atoms with E-state index in [0.29, 0.717) is 33.9 Å². The number of hydrogen-bond acceptors (Lipinski definition) is 3. The average Bonchev–Trinajstić information content (AvgIpc) is 2.56. The van der Waals surface area contributed by atoms with Crippen molar-refractivity contribution in [3.05, 3.63) is 34.5 Å². The molecule has 0 saturated heterocycles. The number of halogens is 1. The molecule has 0 fully saturated rings. The van der Waals surface area contributed by atoms with Gasteiger partial charge in [-0.3, -0.25) is 0 Å². The van der Waals surface area contributed by atoms with Crippen LogP contribution in [0.4, 0.5) is 0 Å². The van der Waals surface area contributed by atoms with Crippen LogP contribution in [0.3, 0.4) is 0 Å². The molecule has 0 saturated carbocycles. The first-order chi connectivity index (χ1) is 7.65. The maximum atomic E-state index is 11.8. The molecule has 1 aromatic heterocycles. The molecule has 84 valence electrons. The van der Waals surface area contributed by atoms with E-state index in [1.54, 1.807) is 32.0 Å². The smallest absolute Gasteiger partial charge is 0.342 e. The van der Waals surface area contributed by atoms with Gasteiger partial charge in [0, 0.05) is 0 Å². The zero-order valence-corrected chi connectivity index (χ0v) is 9.80. The third-order valence-corrected chi connectivity index (χ3v) is 2.64. The summed E-state index contributed by atoms with van der Waals surface area (Å²) in [5, 5.41) is 1.12. The number of rotatable bonds is 2. The third-order valence-electron chi connectivity index (χ3n) is 2.32. The molecule has 1 heterocycles. The molecule has 4 heteroatoms. The SMILES string of the molecule is CCOC(=O)c1c(C)oc2cccc(Cl)c12. The number of carbonyl (C=O) groups excluding carboxylic acids is 1. The number of ether oxygens (including phenoxy) is 1. The Morgan fingerprint density at radius 3 is 2.94 bits per heavy atom. The molecule has 0 radical (unpaired) electrons. The monoisotopic (exact) mass is 238 g/mol. The number of hydrogen-bond donors (Lipinski definition) is 0. The Labute approximate surface area is 97.9 Å².